The molecule has 1 aliphatic heterocycles. The van der Waals surface area contributed by atoms with Gasteiger partial charge in [0.25, 0.3) is 0 Å². The fourth-order valence-electron chi connectivity index (χ4n) is 1.40. The lowest BCUT2D eigenvalue weighted by Crippen LogP contribution is -2.25. The van der Waals surface area contributed by atoms with E-state index in [-0.39, 0.29) is 5.91 Å². The van der Waals surface area contributed by atoms with Gasteiger partial charge < -0.3 is 4.90 Å². The van der Waals surface area contributed by atoms with Crippen LogP contribution in [0.25, 0.3) is 0 Å². The third-order valence-corrected chi connectivity index (χ3v) is 2.14. The molecular weight excluding hydrogens is 162 g/mol. The second-order valence-electron chi connectivity index (χ2n) is 3.23. The minimum Gasteiger partial charge on any atom is -0.339 e. The second kappa shape index (κ2) is 5.57. The van der Waals surface area contributed by atoms with Crippen molar-refractivity contribution in [3.63, 3.8) is 0 Å². The van der Waals surface area contributed by atoms with Crippen LogP contribution in [0.2, 0.25) is 0 Å². The van der Waals surface area contributed by atoms with Gasteiger partial charge in [-0.25, -0.2) is 0 Å². The number of hydrogen-bond donors (Lipinski definition) is 0. The Morgan fingerprint density at radius 3 is 2.62 bits per heavy atom. The van der Waals surface area contributed by atoms with Crippen LogP contribution in [-0.4, -0.2) is 23.9 Å². The molecular formula is C11H17NO. The lowest BCUT2D eigenvalue weighted by Gasteiger charge is -2.11. The summed E-state index contributed by atoms with van der Waals surface area (Å²) in [6.07, 6.45) is 10.8. The molecule has 0 aliphatic carbocycles. The van der Waals surface area contributed by atoms with Gasteiger partial charge in [-0.1, -0.05) is 25.2 Å². The SMILES string of the molecule is CC/C=C/C=C/C(=O)N1CCCC1. The molecule has 0 aromatic carbocycles. The van der Waals surface area contributed by atoms with E-state index in [1.807, 2.05) is 23.1 Å². The van der Waals surface area contributed by atoms with Crippen LogP contribution < -0.4 is 0 Å². The standard InChI is InChI=1S/C11H17NO/c1-2-3-4-5-8-11(13)12-9-6-7-10-12/h3-5,8H,2,6-7,9-10H2,1H3/b4-3+,8-5+. The van der Waals surface area contributed by atoms with Crippen molar-refractivity contribution in [3.8, 4) is 0 Å². The molecule has 2 heteroatoms. The molecule has 0 radical (unpaired) electrons. The van der Waals surface area contributed by atoms with Gasteiger partial charge in [0, 0.05) is 19.2 Å². The van der Waals surface area contributed by atoms with Gasteiger partial charge in [0.15, 0.2) is 0 Å². The quantitative estimate of drug-likeness (QED) is 0.480. The summed E-state index contributed by atoms with van der Waals surface area (Å²) in [6, 6.07) is 0. The average molecular weight is 179 g/mol. The summed E-state index contributed by atoms with van der Waals surface area (Å²) in [5, 5.41) is 0. The van der Waals surface area contributed by atoms with E-state index in [0.717, 1.165) is 32.4 Å². The van der Waals surface area contributed by atoms with Gasteiger partial charge in [0.1, 0.15) is 0 Å². The van der Waals surface area contributed by atoms with E-state index in [0.29, 0.717) is 0 Å². The maximum Gasteiger partial charge on any atom is 0.246 e. The number of hydrogen-bond acceptors (Lipinski definition) is 1. The van der Waals surface area contributed by atoms with E-state index in [9.17, 15) is 4.79 Å². The zero-order chi connectivity index (χ0) is 9.52. The minimum absolute atomic E-state index is 0.151. The Bertz CT molecular complexity index is 212. The van der Waals surface area contributed by atoms with Crippen molar-refractivity contribution in [1.29, 1.82) is 0 Å². The summed E-state index contributed by atoms with van der Waals surface area (Å²) in [7, 11) is 0. The molecule has 0 saturated carbocycles. The van der Waals surface area contributed by atoms with Crippen molar-refractivity contribution in [2.45, 2.75) is 26.2 Å². The van der Waals surface area contributed by atoms with Crippen molar-refractivity contribution in [3.05, 3.63) is 24.3 Å². The van der Waals surface area contributed by atoms with Crippen LogP contribution in [-0.2, 0) is 4.79 Å². The second-order valence-corrected chi connectivity index (χ2v) is 3.23. The molecule has 0 bridgehead atoms. The van der Waals surface area contributed by atoms with Crippen LogP contribution in [0.1, 0.15) is 26.2 Å². The molecule has 0 spiro atoms. The zero-order valence-corrected chi connectivity index (χ0v) is 8.20. The smallest absolute Gasteiger partial charge is 0.246 e. The fraction of sp³-hybridized carbons (Fsp3) is 0.545. The van der Waals surface area contributed by atoms with Crippen molar-refractivity contribution < 1.29 is 4.79 Å². The number of nitrogens with zero attached hydrogens (tertiary/aromatic N) is 1. The zero-order valence-electron chi connectivity index (χ0n) is 8.20. The number of rotatable bonds is 3. The topological polar surface area (TPSA) is 20.3 Å². The molecule has 13 heavy (non-hydrogen) atoms. The van der Waals surface area contributed by atoms with Crippen molar-refractivity contribution in [2.75, 3.05) is 13.1 Å². The third-order valence-electron chi connectivity index (χ3n) is 2.14. The van der Waals surface area contributed by atoms with E-state index in [2.05, 4.69) is 6.92 Å². The first-order chi connectivity index (χ1) is 6.34. The molecule has 1 fully saturated rings. The highest BCUT2D eigenvalue weighted by Crippen LogP contribution is 2.07. The van der Waals surface area contributed by atoms with Gasteiger partial charge in [-0.15, -0.1) is 0 Å². The molecule has 0 unspecified atom stereocenters. The number of carbonyl (C=O) groups excluding carboxylic acids is 1. The van der Waals surface area contributed by atoms with Crippen LogP contribution in [0, 0.1) is 0 Å². The van der Waals surface area contributed by atoms with Gasteiger partial charge in [-0.05, 0) is 19.3 Å². The molecule has 0 N–H and O–H groups in total. The summed E-state index contributed by atoms with van der Waals surface area (Å²) in [5.41, 5.74) is 0. The Kier molecular flexibility index (Phi) is 4.30. The molecule has 1 heterocycles. The molecule has 1 aliphatic rings. The first-order valence-corrected chi connectivity index (χ1v) is 4.96. The fourth-order valence-corrected chi connectivity index (χ4v) is 1.40. The van der Waals surface area contributed by atoms with E-state index in [1.165, 1.54) is 0 Å². The summed E-state index contributed by atoms with van der Waals surface area (Å²) in [5.74, 6) is 0.151. The summed E-state index contributed by atoms with van der Waals surface area (Å²) < 4.78 is 0. The molecule has 0 atom stereocenters. The van der Waals surface area contributed by atoms with Crippen molar-refractivity contribution >= 4 is 5.91 Å². The van der Waals surface area contributed by atoms with Crippen molar-refractivity contribution in [1.82, 2.24) is 4.90 Å². The highest BCUT2D eigenvalue weighted by Gasteiger charge is 2.14. The number of likely N-dealkylation sites (tertiary alicyclic amines) is 1. The first kappa shape index (κ1) is 10.0. The largest absolute Gasteiger partial charge is 0.339 e. The predicted octanol–water partition coefficient (Wildman–Crippen LogP) is 2.13. The van der Waals surface area contributed by atoms with Crippen LogP contribution in [0.15, 0.2) is 24.3 Å². The maximum absolute atomic E-state index is 11.4. The monoisotopic (exact) mass is 179 g/mol. The Balaban J connectivity index is 2.31. The molecule has 1 amide bonds. The Hall–Kier alpha value is -1.05. The lowest BCUT2D eigenvalue weighted by molar-refractivity contribution is -0.124. The van der Waals surface area contributed by atoms with Crippen molar-refractivity contribution in [2.24, 2.45) is 0 Å². The van der Waals surface area contributed by atoms with E-state index in [1.54, 1.807) is 6.08 Å². The van der Waals surface area contributed by atoms with Gasteiger partial charge in [-0.2, -0.15) is 0 Å². The highest BCUT2D eigenvalue weighted by atomic mass is 16.2. The van der Waals surface area contributed by atoms with E-state index in [4.69, 9.17) is 0 Å². The number of amides is 1. The van der Waals surface area contributed by atoms with Crippen LogP contribution in [0.4, 0.5) is 0 Å². The van der Waals surface area contributed by atoms with Gasteiger partial charge in [0.05, 0.1) is 0 Å². The summed E-state index contributed by atoms with van der Waals surface area (Å²) in [6.45, 7) is 3.94. The summed E-state index contributed by atoms with van der Waals surface area (Å²) >= 11 is 0. The van der Waals surface area contributed by atoms with Gasteiger partial charge in [-0.3, -0.25) is 4.79 Å². The first-order valence-electron chi connectivity index (χ1n) is 4.96. The normalized spacial score (nSPS) is 17.8. The van der Waals surface area contributed by atoms with Crippen LogP contribution in [0.5, 0.6) is 0 Å². The highest BCUT2D eigenvalue weighted by molar-refractivity contribution is 5.88. The van der Waals surface area contributed by atoms with E-state index >= 15 is 0 Å². The minimum atomic E-state index is 0.151. The predicted molar refractivity (Wildman–Crippen MR) is 54.4 cm³/mol. The van der Waals surface area contributed by atoms with Gasteiger partial charge >= 0.3 is 0 Å². The molecule has 72 valence electrons. The Morgan fingerprint density at radius 1 is 1.31 bits per heavy atom. The lowest BCUT2D eigenvalue weighted by atomic mass is 10.3. The van der Waals surface area contributed by atoms with Crippen LogP contribution in [0.3, 0.4) is 0 Å². The molecule has 0 aromatic heterocycles. The van der Waals surface area contributed by atoms with E-state index < -0.39 is 0 Å². The Labute approximate surface area is 79.9 Å². The number of allylic oxidation sites excluding steroid dienone is 3. The Morgan fingerprint density at radius 2 is 2.00 bits per heavy atom. The maximum atomic E-state index is 11.4. The molecule has 2 nitrogen and oxygen atoms in total. The van der Waals surface area contributed by atoms with Crippen LogP contribution >= 0.6 is 0 Å². The molecule has 0 aromatic rings. The summed E-state index contributed by atoms with van der Waals surface area (Å²) in [4.78, 5) is 13.3. The third kappa shape index (κ3) is 3.45. The molecule has 1 saturated heterocycles. The molecule has 1 rings (SSSR count). The average Bonchev–Trinajstić information content (AvgIpc) is 2.65. The number of carbonyl (C=O) groups is 1. The van der Waals surface area contributed by atoms with Gasteiger partial charge in [0.2, 0.25) is 5.91 Å².